The fraction of sp³-hybridized carbons (Fsp3) is 0.778. The molecule has 2 N–H and O–H groups in total. The first kappa shape index (κ1) is 12.7. The van der Waals surface area contributed by atoms with Crippen molar-refractivity contribution in [2.75, 3.05) is 12.8 Å². The van der Waals surface area contributed by atoms with Crippen LogP contribution in [0.3, 0.4) is 0 Å². The first-order valence-electron chi connectivity index (χ1n) is 4.52. The molecule has 0 heterocycles. The summed E-state index contributed by atoms with van der Waals surface area (Å²) in [5.41, 5.74) is 0. The third kappa shape index (κ3) is 7.99. The lowest BCUT2D eigenvalue weighted by atomic mass is 10.1. The second kappa shape index (κ2) is 7.09. The van der Waals surface area contributed by atoms with E-state index >= 15 is 0 Å². The average molecular weight is 204 g/mol. The first-order valence-corrected chi connectivity index (χ1v) is 6.32. The molecule has 0 radical (unpaired) electrons. The molecule has 0 aliphatic carbocycles. The third-order valence-corrected chi connectivity index (χ3v) is 2.44. The maximum absolute atomic E-state index is 10.8. The first-order chi connectivity index (χ1) is 6.06. The van der Waals surface area contributed by atoms with E-state index in [1.807, 2.05) is 6.26 Å². The second-order valence-corrected chi connectivity index (χ2v) is 4.69. The predicted octanol–water partition coefficient (Wildman–Crippen LogP) is 1.13. The maximum atomic E-state index is 10.8. The highest BCUT2D eigenvalue weighted by Gasteiger charge is 2.05. The van der Waals surface area contributed by atoms with Gasteiger partial charge in [0.25, 0.3) is 0 Å². The summed E-state index contributed by atoms with van der Waals surface area (Å²) < 4.78 is 3.25. The lowest BCUT2D eigenvalue weighted by molar-refractivity contribution is -0.119. The minimum absolute atomic E-state index is 0.0406. The molecule has 4 heteroatoms. The van der Waals surface area contributed by atoms with E-state index < -0.39 is 0 Å². The van der Waals surface area contributed by atoms with Crippen molar-refractivity contribution < 1.29 is 4.79 Å². The predicted molar refractivity (Wildman–Crippen MR) is 61.2 cm³/mol. The molecule has 0 bridgehead atoms. The molecule has 13 heavy (non-hydrogen) atoms. The van der Waals surface area contributed by atoms with Gasteiger partial charge in [-0.15, -0.1) is 10.7 Å². The van der Waals surface area contributed by atoms with Gasteiger partial charge >= 0.3 is 0 Å². The number of carbonyl (C=O) groups is 1. The molecule has 0 aliphatic heterocycles. The lowest BCUT2D eigenvalue weighted by Gasteiger charge is -2.15. The molecular formula is C9H20N2OS. The summed E-state index contributed by atoms with van der Waals surface area (Å²) in [6, 6.07) is 0.300. The highest BCUT2D eigenvalue weighted by Crippen LogP contribution is 1.99. The molecule has 0 aromatic heterocycles. The van der Waals surface area contributed by atoms with Gasteiger partial charge < -0.3 is 5.32 Å². The van der Waals surface area contributed by atoms with Crippen LogP contribution in [0.15, 0.2) is 0 Å². The van der Waals surface area contributed by atoms with Gasteiger partial charge in [-0.25, -0.2) is 0 Å². The van der Waals surface area contributed by atoms with Crippen LogP contribution >= 0.6 is 10.7 Å². The lowest BCUT2D eigenvalue weighted by Crippen LogP contribution is -2.34. The maximum Gasteiger partial charge on any atom is 0.217 e. The fourth-order valence-corrected chi connectivity index (χ4v) is 1.54. The van der Waals surface area contributed by atoms with Crippen LogP contribution in [0.2, 0.25) is 0 Å². The van der Waals surface area contributed by atoms with Crippen molar-refractivity contribution in [3.8, 4) is 0 Å². The van der Waals surface area contributed by atoms with Gasteiger partial charge in [-0.05, 0) is 19.1 Å². The van der Waals surface area contributed by atoms with Crippen molar-refractivity contribution in [2.24, 2.45) is 0 Å². The Balaban J connectivity index is 3.59. The number of amides is 1. The molecule has 1 unspecified atom stereocenters. The summed E-state index contributed by atoms with van der Waals surface area (Å²) in [6.45, 7) is 4.56. The molecule has 1 amide bonds. The van der Waals surface area contributed by atoms with E-state index in [9.17, 15) is 4.79 Å². The van der Waals surface area contributed by atoms with E-state index in [-0.39, 0.29) is 16.6 Å². The number of hydrogen-bond acceptors (Lipinski definition) is 2. The zero-order valence-corrected chi connectivity index (χ0v) is 9.54. The van der Waals surface area contributed by atoms with Crippen LogP contribution < -0.4 is 10.0 Å². The van der Waals surface area contributed by atoms with Crippen LogP contribution in [0, 0.1) is 0 Å². The van der Waals surface area contributed by atoms with Crippen LogP contribution in [0.4, 0.5) is 0 Å². The summed E-state index contributed by atoms with van der Waals surface area (Å²) in [7, 11) is 0.0406. The summed E-state index contributed by atoms with van der Waals surface area (Å²) in [4.78, 5) is 10.8. The summed E-state index contributed by atoms with van der Waals surface area (Å²) in [5, 5.41) is 2.91. The monoisotopic (exact) mass is 204 g/mol. The Morgan fingerprint density at radius 3 is 2.62 bits per heavy atom. The van der Waals surface area contributed by atoms with Crippen molar-refractivity contribution in [1.82, 2.24) is 10.0 Å². The van der Waals surface area contributed by atoms with E-state index in [0.717, 1.165) is 19.4 Å². The van der Waals surface area contributed by atoms with E-state index in [4.69, 9.17) is 0 Å². The summed E-state index contributed by atoms with van der Waals surface area (Å²) in [5.74, 6) is 3.90. The Labute approximate surface area is 83.4 Å². The van der Waals surface area contributed by atoms with Crippen LogP contribution in [-0.4, -0.2) is 30.6 Å². The quantitative estimate of drug-likeness (QED) is 0.637. The zero-order valence-electron chi connectivity index (χ0n) is 8.72. The zero-order chi connectivity index (χ0) is 10.3. The van der Waals surface area contributed by atoms with Crippen molar-refractivity contribution in [3.63, 3.8) is 0 Å². The Morgan fingerprint density at radius 1 is 1.62 bits per heavy atom. The van der Waals surface area contributed by atoms with E-state index in [1.165, 1.54) is 0 Å². The molecule has 0 spiro atoms. The Morgan fingerprint density at radius 2 is 2.23 bits per heavy atom. The largest absolute Gasteiger partial charge is 0.354 e. The van der Waals surface area contributed by atoms with Gasteiger partial charge in [-0.3, -0.25) is 9.52 Å². The van der Waals surface area contributed by atoms with Gasteiger partial charge in [0.1, 0.15) is 0 Å². The fourth-order valence-electron chi connectivity index (χ4n) is 1.07. The molecule has 0 aliphatic rings. The molecular weight excluding hydrogens is 184 g/mol. The van der Waals surface area contributed by atoms with E-state index in [1.54, 1.807) is 6.92 Å². The van der Waals surface area contributed by atoms with Crippen molar-refractivity contribution in [2.45, 2.75) is 32.7 Å². The summed E-state index contributed by atoms with van der Waals surface area (Å²) in [6.07, 6.45) is 4.00. The van der Waals surface area contributed by atoms with Crippen LogP contribution in [0.5, 0.6) is 0 Å². The van der Waals surface area contributed by atoms with Gasteiger partial charge in [0.05, 0.1) is 0 Å². The van der Waals surface area contributed by atoms with Crippen molar-refractivity contribution >= 4 is 22.4 Å². The molecule has 0 saturated carbocycles. The van der Waals surface area contributed by atoms with Crippen LogP contribution in [-0.2, 0) is 4.79 Å². The minimum atomic E-state index is 0.0406. The number of hydrogen-bond donors (Lipinski definition) is 2. The highest BCUT2D eigenvalue weighted by atomic mass is 32.2. The smallest absolute Gasteiger partial charge is 0.217 e. The minimum Gasteiger partial charge on any atom is -0.354 e. The molecule has 0 fully saturated rings. The third-order valence-electron chi connectivity index (χ3n) is 1.74. The standard InChI is InChI=1S/C9H20N2OS/c1-5-9(11-8(2)12)6-7-10-13(3)4/h9-10H,3,5-7H2,1-2,4H3,(H,11,12)/t9-,13?/m0/s1. The van der Waals surface area contributed by atoms with Gasteiger partial charge in [-0.2, -0.15) is 0 Å². The molecule has 78 valence electrons. The number of rotatable bonds is 6. The molecule has 0 rings (SSSR count). The van der Waals surface area contributed by atoms with Crippen LogP contribution in [0.25, 0.3) is 0 Å². The van der Waals surface area contributed by atoms with Gasteiger partial charge in [0.15, 0.2) is 0 Å². The van der Waals surface area contributed by atoms with E-state index in [2.05, 4.69) is 22.8 Å². The van der Waals surface area contributed by atoms with Gasteiger partial charge in [0, 0.05) is 19.5 Å². The highest BCUT2D eigenvalue weighted by molar-refractivity contribution is 8.11. The van der Waals surface area contributed by atoms with Crippen molar-refractivity contribution in [3.05, 3.63) is 0 Å². The molecule has 2 atom stereocenters. The molecule has 3 nitrogen and oxygen atoms in total. The number of carbonyl (C=O) groups excluding carboxylic acids is 1. The van der Waals surface area contributed by atoms with E-state index in [0.29, 0.717) is 6.04 Å². The Hall–Kier alpha value is -0.350. The second-order valence-electron chi connectivity index (χ2n) is 3.13. The normalized spacial score (nSPS) is 15.0. The molecule has 0 saturated heterocycles. The summed E-state index contributed by atoms with van der Waals surface area (Å²) >= 11 is 0. The van der Waals surface area contributed by atoms with Crippen molar-refractivity contribution in [1.29, 1.82) is 0 Å². The average Bonchev–Trinajstić information content (AvgIpc) is 2.01. The number of nitrogens with one attached hydrogen (secondary N) is 2. The Bertz CT molecular complexity index is 182. The van der Waals surface area contributed by atoms with Gasteiger partial charge in [-0.1, -0.05) is 12.8 Å². The Kier molecular flexibility index (Phi) is 6.90. The molecule has 0 aromatic rings. The van der Waals surface area contributed by atoms with Crippen LogP contribution in [0.1, 0.15) is 26.7 Å². The SMILES string of the molecule is C=S(C)NCC[C@H](CC)NC(C)=O. The van der Waals surface area contributed by atoms with Gasteiger partial charge in [0.2, 0.25) is 5.91 Å². The topological polar surface area (TPSA) is 41.1 Å². The molecule has 0 aromatic carbocycles.